The van der Waals surface area contributed by atoms with Gasteiger partial charge in [0, 0.05) is 6.42 Å². The lowest BCUT2D eigenvalue weighted by atomic mass is 10.1. The number of carbonyl (C=O) groups excluding carboxylic acids is 2. The molecule has 0 radical (unpaired) electrons. The summed E-state index contributed by atoms with van der Waals surface area (Å²) in [6.45, 7) is 0. The summed E-state index contributed by atoms with van der Waals surface area (Å²) in [5.74, 6) is -5.17. The standard InChI is InChI=1S/C19H21F3N3O4P/c20-19(21,22)18(27)24-16(12-14-9-5-2-6-10-14)30(28,29)25-15(17(23)26)11-13-7-3-1-4-8-13/h1-10,15-16H,11-12H2,(H2,23,26)(H,24,27)(H2,25,28,29)/t15-,16?/m0/s1. The van der Waals surface area contributed by atoms with Crippen LogP contribution in [0.3, 0.4) is 0 Å². The molecule has 0 aliphatic rings. The molecule has 2 rings (SSSR count). The second kappa shape index (κ2) is 9.88. The zero-order valence-electron chi connectivity index (χ0n) is 15.7. The number of nitrogens with two attached hydrogens (primary N) is 1. The summed E-state index contributed by atoms with van der Waals surface area (Å²) in [5.41, 5.74) is 6.35. The van der Waals surface area contributed by atoms with E-state index in [0.29, 0.717) is 11.1 Å². The van der Waals surface area contributed by atoms with Crippen LogP contribution < -0.4 is 16.1 Å². The van der Waals surface area contributed by atoms with Crippen molar-refractivity contribution in [1.29, 1.82) is 0 Å². The predicted octanol–water partition coefficient (Wildman–Crippen LogP) is 2.11. The molecule has 30 heavy (non-hydrogen) atoms. The summed E-state index contributed by atoms with van der Waals surface area (Å²) in [6, 6.07) is 15.0. The minimum absolute atomic E-state index is 0.0635. The van der Waals surface area contributed by atoms with Gasteiger partial charge >= 0.3 is 12.1 Å². The maximum absolute atomic E-state index is 12.9. The highest BCUT2D eigenvalue weighted by molar-refractivity contribution is 7.56. The van der Waals surface area contributed by atoms with Crippen LogP contribution in [-0.4, -0.2) is 34.7 Å². The fraction of sp³-hybridized carbons (Fsp3) is 0.263. The Bertz CT molecular complexity index is 910. The van der Waals surface area contributed by atoms with Crippen molar-refractivity contribution in [2.75, 3.05) is 0 Å². The highest BCUT2D eigenvalue weighted by Gasteiger charge is 2.44. The third kappa shape index (κ3) is 6.98. The zero-order valence-corrected chi connectivity index (χ0v) is 16.6. The molecule has 2 aromatic carbocycles. The first-order valence-corrected chi connectivity index (χ1v) is 10.6. The summed E-state index contributed by atoms with van der Waals surface area (Å²) in [5, 5.41) is 3.74. The minimum atomic E-state index is -5.25. The molecule has 11 heteroatoms. The van der Waals surface area contributed by atoms with Crippen LogP contribution in [0.2, 0.25) is 0 Å². The van der Waals surface area contributed by atoms with Crippen molar-refractivity contribution < 1.29 is 32.2 Å². The van der Waals surface area contributed by atoms with Crippen LogP contribution in [0.4, 0.5) is 13.2 Å². The Balaban J connectivity index is 2.27. The van der Waals surface area contributed by atoms with E-state index in [0.717, 1.165) is 0 Å². The van der Waals surface area contributed by atoms with E-state index >= 15 is 0 Å². The molecule has 0 aromatic heterocycles. The molecule has 0 bridgehead atoms. The molecule has 0 saturated heterocycles. The first kappa shape index (κ1) is 23.6. The lowest BCUT2D eigenvalue weighted by Gasteiger charge is -2.28. The van der Waals surface area contributed by atoms with Gasteiger partial charge in [-0.25, -0.2) is 5.09 Å². The Kier molecular flexibility index (Phi) is 7.77. The molecule has 2 aromatic rings. The number of hydrogen-bond acceptors (Lipinski definition) is 3. The molecule has 0 saturated carbocycles. The molecule has 0 fully saturated rings. The Morgan fingerprint density at radius 2 is 1.43 bits per heavy atom. The van der Waals surface area contributed by atoms with Crippen LogP contribution in [0, 0.1) is 0 Å². The third-order valence-corrected chi connectivity index (χ3v) is 6.05. The van der Waals surface area contributed by atoms with Gasteiger partial charge in [0.15, 0.2) is 0 Å². The number of benzene rings is 2. The maximum atomic E-state index is 12.9. The van der Waals surface area contributed by atoms with Crippen LogP contribution in [-0.2, 0) is 27.0 Å². The van der Waals surface area contributed by atoms with E-state index in [2.05, 4.69) is 5.09 Å². The van der Waals surface area contributed by atoms with E-state index in [-0.39, 0.29) is 12.8 Å². The number of hydrogen-bond donors (Lipinski definition) is 4. The van der Waals surface area contributed by atoms with Crippen molar-refractivity contribution in [3.05, 3.63) is 71.8 Å². The van der Waals surface area contributed by atoms with E-state index in [1.165, 1.54) is 12.1 Å². The van der Waals surface area contributed by atoms with Gasteiger partial charge in [-0.3, -0.25) is 14.2 Å². The number of carbonyl (C=O) groups is 2. The second-order valence-electron chi connectivity index (χ2n) is 6.57. The van der Waals surface area contributed by atoms with Crippen molar-refractivity contribution in [3.8, 4) is 0 Å². The molecule has 0 aliphatic heterocycles. The van der Waals surface area contributed by atoms with Gasteiger partial charge in [0.2, 0.25) is 5.91 Å². The largest absolute Gasteiger partial charge is 0.471 e. The Hall–Kier alpha value is -2.68. The van der Waals surface area contributed by atoms with Crippen molar-refractivity contribution in [2.45, 2.75) is 30.8 Å². The van der Waals surface area contributed by atoms with Crippen LogP contribution in [0.5, 0.6) is 0 Å². The third-order valence-electron chi connectivity index (χ3n) is 4.22. The van der Waals surface area contributed by atoms with E-state index in [9.17, 15) is 32.2 Å². The summed E-state index contributed by atoms with van der Waals surface area (Å²) in [4.78, 5) is 33.7. The Morgan fingerprint density at radius 1 is 0.967 bits per heavy atom. The monoisotopic (exact) mass is 443 g/mol. The predicted molar refractivity (Wildman–Crippen MR) is 104 cm³/mol. The van der Waals surface area contributed by atoms with E-state index in [1.54, 1.807) is 53.8 Å². The molecule has 7 nitrogen and oxygen atoms in total. The first-order chi connectivity index (χ1) is 14.0. The summed E-state index contributed by atoms with van der Waals surface area (Å²) < 4.78 is 51.2. The smallest absolute Gasteiger partial charge is 0.368 e. The van der Waals surface area contributed by atoms with Crippen molar-refractivity contribution in [1.82, 2.24) is 10.4 Å². The fourth-order valence-corrected chi connectivity index (χ4v) is 4.30. The van der Waals surface area contributed by atoms with Gasteiger partial charge in [-0.2, -0.15) is 13.2 Å². The SMILES string of the molecule is NC(=O)[C@H](Cc1ccccc1)NP(=O)(O)C(Cc1ccccc1)NC(=O)C(F)(F)F. The number of halogens is 3. The van der Waals surface area contributed by atoms with E-state index < -0.39 is 37.3 Å². The number of nitrogens with one attached hydrogen (secondary N) is 2. The molecule has 5 N–H and O–H groups in total. The molecule has 2 unspecified atom stereocenters. The molecule has 0 aliphatic carbocycles. The summed E-state index contributed by atoms with van der Waals surface area (Å²) in [6.07, 6.45) is -5.69. The lowest BCUT2D eigenvalue weighted by Crippen LogP contribution is -2.49. The number of alkyl halides is 3. The molecular formula is C19H21F3N3O4P. The first-order valence-electron chi connectivity index (χ1n) is 8.84. The van der Waals surface area contributed by atoms with Crippen LogP contribution in [0.25, 0.3) is 0 Å². The van der Waals surface area contributed by atoms with Crippen molar-refractivity contribution in [2.24, 2.45) is 5.73 Å². The maximum Gasteiger partial charge on any atom is 0.471 e. The lowest BCUT2D eigenvalue weighted by molar-refractivity contribution is -0.173. The van der Waals surface area contributed by atoms with Crippen LogP contribution in [0.15, 0.2) is 60.7 Å². The average Bonchev–Trinajstić information content (AvgIpc) is 2.67. The topological polar surface area (TPSA) is 122 Å². The van der Waals surface area contributed by atoms with Crippen LogP contribution >= 0.6 is 7.52 Å². The molecular weight excluding hydrogens is 422 g/mol. The van der Waals surface area contributed by atoms with E-state index in [1.807, 2.05) is 0 Å². The average molecular weight is 443 g/mol. The Morgan fingerprint density at radius 3 is 1.87 bits per heavy atom. The van der Waals surface area contributed by atoms with Gasteiger partial charge in [0.25, 0.3) is 7.52 Å². The summed E-state index contributed by atoms with van der Waals surface area (Å²) in [7, 11) is -4.72. The molecule has 0 spiro atoms. The van der Waals surface area contributed by atoms with Gasteiger partial charge in [-0.1, -0.05) is 60.7 Å². The van der Waals surface area contributed by atoms with Gasteiger partial charge < -0.3 is 15.9 Å². The number of amides is 2. The number of rotatable bonds is 9. The Labute approximate surface area is 171 Å². The van der Waals surface area contributed by atoms with Crippen molar-refractivity contribution in [3.63, 3.8) is 0 Å². The van der Waals surface area contributed by atoms with Gasteiger partial charge in [0.05, 0.1) is 6.04 Å². The van der Waals surface area contributed by atoms with Gasteiger partial charge in [-0.15, -0.1) is 0 Å². The minimum Gasteiger partial charge on any atom is -0.368 e. The molecule has 3 atom stereocenters. The zero-order chi connectivity index (χ0) is 22.4. The number of primary amides is 1. The molecule has 0 heterocycles. The van der Waals surface area contributed by atoms with Gasteiger partial charge in [-0.05, 0) is 17.5 Å². The van der Waals surface area contributed by atoms with Crippen LogP contribution in [0.1, 0.15) is 11.1 Å². The van der Waals surface area contributed by atoms with E-state index in [4.69, 9.17) is 5.73 Å². The van der Waals surface area contributed by atoms with Crippen molar-refractivity contribution >= 4 is 19.3 Å². The van der Waals surface area contributed by atoms with Gasteiger partial charge in [0.1, 0.15) is 5.78 Å². The second-order valence-corrected chi connectivity index (χ2v) is 8.70. The fourth-order valence-electron chi connectivity index (χ4n) is 2.71. The highest BCUT2D eigenvalue weighted by Crippen LogP contribution is 2.43. The normalized spacial score (nSPS) is 15.6. The molecule has 2 amide bonds. The quantitative estimate of drug-likeness (QED) is 0.443. The summed E-state index contributed by atoms with van der Waals surface area (Å²) >= 11 is 0. The highest BCUT2D eigenvalue weighted by atomic mass is 31.2. The molecule has 162 valence electrons.